The summed E-state index contributed by atoms with van der Waals surface area (Å²) in [6, 6.07) is 0. The number of fused-ring (bicyclic) bond motifs is 3. The minimum Gasteiger partial charge on any atom is -0.463 e. The average molecular weight is 867 g/mol. The summed E-state index contributed by atoms with van der Waals surface area (Å²) in [5.41, 5.74) is 0. The van der Waals surface area contributed by atoms with Crippen molar-refractivity contribution in [3.8, 4) is 0 Å². The predicted molar refractivity (Wildman–Crippen MR) is 182 cm³/mol. The minimum absolute atomic E-state index is 0.395. The lowest BCUT2D eigenvalue weighted by Gasteiger charge is -2.42. The standard InChI is InChI=1S/C36H50O24/c1-13(37)44-10-21-24(47-15(3)39)27(49-17(5)41)30-33(54-21)59-35(8,57-30)46-12-20-23(43)26(29-32(53-20)52-19(7)51-29)56-36(9)58-31-28(50-18(6)42)25(48-16(4)40)22(11-45-14(2)38)55-34(31)60-36/h19-34,43H,10-12H2,1-9H3/t19?,20-,21-,22-,23-,24-,25-,26+,27+,28+,29+,30+,31+,32-,33+,34+,35?,36?/m1/s1. The molecule has 24 heteroatoms. The summed E-state index contributed by atoms with van der Waals surface area (Å²) in [7, 11) is 0. The van der Waals surface area contributed by atoms with E-state index in [0.717, 1.165) is 27.7 Å². The van der Waals surface area contributed by atoms with Crippen molar-refractivity contribution < 1.29 is 114 Å². The van der Waals surface area contributed by atoms with Gasteiger partial charge in [0.25, 0.3) is 11.9 Å². The van der Waals surface area contributed by atoms with Gasteiger partial charge < -0.3 is 76.2 Å². The molecule has 6 aliphatic rings. The number of hydrogen-bond donors (Lipinski definition) is 1. The molecule has 6 aliphatic heterocycles. The average Bonchev–Trinajstić information content (AvgIpc) is 3.79. The molecule has 338 valence electrons. The lowest BCUT2D eigenvalue weighted by molar-refractivity contribution is -0.396. The molecule has 60 heavy (non-hydrogen) atoms. The van der Waals surface area contributed by atoms with Crippen LogP contribution in [0.25, 0.3) is 0 Å². The first-order valence-corrected chi connectivity index (χ1v) is 19.1. The first-order valence-electron chi connectivity index (χ1n) is 19.1. The number of aliphatic hydroxyl groups is 1. The topological polar surface area (TPSA) is 280 Å². The van der Waals surface area contributed by atoms with Crippen molar-refractivity contribution in [2.75, 3.05) is 19.8 Å². The summed E-state index contributed by atoms with van der Waals surface area (Å²) in [5, 5.41) is 11.8. The number of rotatable bonds is 13. The van der Waals surface area contributed by atoms with Crippen LogP contribution < -0.4 is 0 Å². The third-order valence-corrected chi connectivity index (χ3v) is 9.81. The van der Waals surface area contributed by atoms with E-state index in [1.165, 1.54) is 27.7 Å². The van der Waals surface area contributed by atoms with Gasteiger partial charge in [0, 0.05) is 55.4 Å². The van der Waals surface area contributed by atoms with Crippen molar-refractivity contribution in [1.29, 1.82) is 0 Å². The lowest BCUT2D eigenvalue weighted by Crippen LogP contribution is -2.61. The number of carbonyl (C=O) groups is 6. The van der Waals surface area contributed by atoms with E-state index < -0.39 is 166 Å². The van der Waals surface area contributed by atoms with Crippen LogP contribution in [-0.2, 0) is 109 Å². The fraction of sp³-hybridized carbons (Fsp3) is 0.833. The minimum atomic E-state index is -2.07. The molecule has 0 saturated carbocycles. The molecule has 0 aromatic carbocycles. The number of hydrogen-bond acceptors (Lipinski definition) is 24. The zero-order valence-electron chi connectivity index (χ0n) is 34.2. The molecule has 24 nitrogen and oxygen atoms in total. The van der Waals surface area contributed by atoms with Crippen molar-refractivity contribution in [3.05, 3.63) is 0 Å². The molecule has 0 aromatic rings. The van der Waals surface area contributed by atoms with Crippen molar-refractivity contribution >= 4 is 35.8 Å². The zero-order chi connectivity index (χ0) is 43.8. The largest absolute Gasteiger partial charge is 0.463 e. The van der Waals surface area contributed by atoms with Gasteiger partial charge in [-0.3, -0.25) is 38.2 Å². The monoisotopic (exact) mass is 866 g/mol. The second-order valence-corrected chi connectivity index (χ2v) is 14.8. The summed E-state index contributed by atoms with van der Waals surface area (Å²) < 4.78 is 98.5. The molecule has 0 aliphatic carbocycles. The molecule has 0 radical (unpaired) electrons. The normalized spacial score (nSPS) is 43.1. The van der Waals surface area contributed by atoms with Gasteiger partial charge in [-0.25, -0.2) is 0 Å². The van der Waals surface area contributed by atoms with Crippen LogP contribution in [0.15, 0.2) is 0 Å². The molecule has 0 bridgehead atoms. The highest BCUT2D eigenvalue weighted by Gasteiger charge is 2.63. The first-order chi connectivity index (χ1) is 28.1. The van der Waals surface area contributed by atoms with E-state index in [2.05, 4.69) is 0 Å². The molecule has 1 N–H and O–H groups in total. The molecule has 6 saturated heterocycles. The molecule has 6 fully saturated rings. The summed E-state index contributed by atoms with van der Waals surface area (Å²) in [6.45, 7) is 9.89. The van der Waals surface area contributed by atoms with E-state index in [9.17, 15) is 33.9 Å². The summed E-state index contributed by atoms with van der Waals surface area (Å²) >= 11 is 0. The predicted octanol–water partition coefficient (Wildman–Crippen LogP) is -1.28. The molecule has 3 unspecified atom stereocenters. The molecule has 0 amide bonds. The van der Waals surface area contributed by atoms with Gasteiger partial charge in [-0.2, -0.15) is 0 Å². The van der Waals surface area contributed by atoms with Crippen LogP contribution in [0.3, 0.4) is 0 Å². The summed E-state index contributed by atoms with van der Waals surface area (Å²) in [6.07, 6.45) is -19.9. The van der Waals surface area contributed by atoms with Crippen LogP contribution in [0.5, 0.6) is 0 Å². The van der Waals surface area contributed by atoms with Gasteiger partial charge in [-0.15, -0.1) is 0 Å². The molecule has 18 atom stereocenters. The van der Waals surface area contributed by atoms with E-state index >= 15 is 0 Å². The molecular formula is C36H50O24. The van der Waals surface area contributed by atoms with Gasteiger partial charge in [-0.05, 0) is 6.92 Å². The Morgan fingerprint density at radius 1 is 0.483 bits per heavy atom. The Kier molecular flexibility index (Phi) is 14.0. The van der Waals surface area contributed by atoms with Gasteiger partial charge >= 0.3 is 35.8 Å². The summed E-state index contributed by atoms with van der Waals surface area (Å²) in [4.78, 5) is 71.9. The Hall–Kier alpha value is -3.66. The van der Waals surface area contributed by atoms with Gasteiger partial charge in [0.15, 0.2) is 61.8 Å². The third kappa shape index (κ3) is 10.5. The Morgan fingerprint density at radius 2 is 0.917 bits per heavy atom. The third-order valence-electron chi connectivity index (χ3n) is 9.81. The Labute approximate surface area is 342 Å². The van der Waals surface area contributed by atoms with Gasteiger partial charge in [0.05, 0.1) is 6.61 Å². The second kappa shape index (κ2) is 18.4. The maximum Gasteiger partial charge on any atom is 0.303 e. The smallest absolute Gasteiger partial charge is 0.303 e. The van der Waals surface area contributed by atoms with Crippen molar-refractivity contribution in [2.24, 2.45) is 0 Å². The first kappa shape index (κ1) is 45.9. The van der Waals surface area contributed by atoms with E-state index in [4.69, 9.17) is 80.5 Å². The quantitative estimate of drug-likeness (QED) is 0.167. The van der Waals surface area contributed by atoms with E-state index in [0.29, 0.717) is 0 Å². The van der Waals surface area contributed by atoms with Crippen molar-refractivity contribution in [1.82, 2.24) is 0 Å². The lowest BCUT2D eigenvalue weighted by atomic mass is 9.98. The maximum atomic E-state index is 12.3. The molecule has 0 spiro atoms. The van der Waals surface area contributed by atoms with Crippen molar-refractivity contribution in [3.63, 3.8) is 0 Å². The van der Waals surface area contributed by atoms with Crippen LogP contribution in [0.2, 0.25) is 0 Å². The van der Waals surface area contributed by atoms with Gasteiger partial charge in [-0.1, -0.05) is 0 Å². The highest BCUT2D eigenvalue weighted by molar-refractivity contribution is 5.68. The highest BCUT2D eigenvalue weighted by atomic mass is 17.0. The van der Waals surface area contributed by atoms with Crippen LogP contribution >= 0.6 is 0 Å². The Morgan fingerprint density at radius 3 is 1.38 bits per heavy atom. The molecule has 6 rings (SSSR count). The Balaban J connectivity index is 1.18. The number of esters is 6. The number of ether oxygens (including phenoxy) is 17. The van der Waals surface area contributed by atoms with Crippen LogP contribution in [0.1, 0.15) is 62.3 Å². The van der Waals surface area contributed by atoms with Crippen LogP contribution in [0.4, 0.5) is 0 Å². The molecule has 0 aromatic heterocycles. The Bertz CT molecular complexity index is 1630. The fourth-order valence-electron chi connectivity index (χ4n) is 7.62. The van der Waals surface area contributed by atoms with Crippen molar-refractivity contribution in [2.45, 2.75) is 173 Å². The fourth-order valence-corrected chi connectivity index (χ4v) is 7.62. The van der Waals surface area contributed by atoms with Gasteiger partial charge in [0.1, 0.15) is 49.8 Å². The number of carbonyl (C=O) groups excluding carboxylic acids is 6. The van der Waals surface area contributed by atoms with Crippen LogP contribution in [0, 0.1) is 0 Å². The second-order valence-electron chi connectivity index (χ2n) is 14.8. The van der Waals surface area contributed by atoms with Crippen LogP contribution in [-0.4, -0.2) is 171 Å². The highest BCUT2D eigenvalue weighted by Crippen LogP contribution is 2.44. The number of aliphatic hydroxyl groups excluding tert-OH is 1. The summed E-state index contributed by atoms with van der Waals surface area (Å²) in [5.74, 6) is -8.36. The van der Waals surface area contributed by atoms with E-state index in [-0.39, 0.29) is 0 Å². The molecular weight excluding hydrogens is 816 g/mol. The zero-order valence-corrected chi connectivity index (χ0v) is 34.2. The van der Waals surface area contributed by atoms with Gasteiger partial charge in [0.2, 0.25) is 0 Å². The SMILES string of the molecule is CC(=O)OC[C@H]1O[C@H]2OC(C)(OC[C@H]3O[C@H]4OC(C)O[C@H]4[C@@H](OC4(C)O[C@@H]5O[C@H](COC(C)=O)[C@@H](OC(C)=O)[C@H](OC(C)=O)[C@@H]5O4)[C@@H]3O)O[C@H]2[C@@H](OC(C)=O)[C@@H]1OC(C)=O. The van der Waals surface area contributed by atoms with E-state index in [1.807, 2.05) is 0 Å². The maximum absolute atomic E-state index is 12.3. The van der Waals surface area contributed by atoms with E-state index in [1.54, 1.807) is 6.92 Å². The molecule has 6 heterocycles.